The Morgan fingerprint density at radius 1 is 1.22 bits per heavy atom. The molecular formula is C17H18N2O3S. The van der Waals surface area contributed by atoms with Crippen LogP contribution in [-0.4, -0.2) is 35.8 Å². The Labute approximate surface area is 139 Å². The van der Waals surface area contributed by atoms with Crippen LogP contribution < -0.4 is 9.47 Å². The molecule has 1 aliphatic heterocycles. The first-order valence-electron chi connectivity index (χ1n) is 7.26. The van der Waals surface area contributed by atoms with Crippen molar-refractivity contribution in [1.29, 1.82) is 0 Å². The molecule has 0 bridgehead atoms. The van der Waals surface area contributed by atoms with Gasteiger partial charge in [0.1, 0.15) is 5.37 Å². The Bertz CT molecular complexity index is 693. The van der Waals surface area contributed by atoms with E-state index in [4.69, 9.17) is 9.47 Å². The average Bonchev–Trinajstić information content (AvgIpc) is 2.96. The number of pyridine rings is 1. The van der Waals surface area contributed by atoms with Crippen molar-refractivity contribution < 1.29 is 14.3 Å². The van der Waals surface area contributed by atoms with Gasteiger partial charge in [0.05, 0.1) is 32.2 Å². The van der Waals surface area contributed by atoms with E-state index in [2.05, 4.69) is 4.98 Å². The number of methoxy groups -OCH3 is 2. The van der Waals surface area contributed by atoms with Gasteiger partial charge in [-0.3, -0.25) is 9.78 Å². The van der Waals surface area contributed by atoms with E-state index in [9.17, 15) is 4.79 Å². The summed E-state index contributed by atoms with van der Waals surface area (Å²) < 4.78 is 10.8. The number of carbonyl (C=O) groups excluding carboxylic acids is 1. The molecule has 120 valence electrons. The number of aromatic nitrogens is 1. The summed E-state index contributed by atoms with van der Waals surface area (Å²) in [6.45, 7) is 0.466. The third-order valence-electron chi connectivity index (χ3n) is 3.73. The van der Waals surface area contributed by atoms with Gasteiger partial charge < -0.3 is 14.4 Å². The van der Waals surface area contributed by atoms with E-state index in [1.165, 1.54) is 0 Å². The van der Waals surface area contributed by atoms with E-state index < -0.39 is 0 Å². The zero-order valence-corrected chi connectivity index (χ0v) is 13.9. The van der Waals surface area contributed by atoms with Gasteiger partial charge in [-0.15, -0.1) is 11.8 Å². The summed E-state index contributed by atoms with van der Waals surface area (Å²) in [5, 5.41) is -0.0698. The van der Waals surface area contributed by atoms with Gasteiger partial charge >= 0.3 is 0 Å². The van der Waals surface area contributed by atoms with Gasteiger partial charge in [-0.25, -0.2) is 0 Å². The molecule has 0 radical (unpaired) electrons. The largest absolute Gasteiger partial charge is 0.493 e. The van der Waals surface area contributed by atoms with Gasteiger partial charge in [0.2, 0.25) is 5.91 Å². The number of rotatable bonds is 5. The summed E-state index contributed by atoms with van der Waals surface area (Å²) in [5.41, 5.74) is 1.81. The predicted octanol–water partition coefficient (Wildman–Crippen LogP) is 2.87. The van der Waals surface area contributed by atoms with Gasteiger partial charge in [-0.05, 0) is 18.2 Å². The minimum absolute atomic E-state index is 0.0698. The fourth-order valence-electron chi connectivity index (χ4n) is 2.65. The van der Waals surface area contributed by atoms with Crippen LogP contribution >= 0.6 is 11.8 Å². The van der Waals surface area contributed by atoms with E-state index >= 15 is 0 Å². The van der Waals surface area contributed by atoms with E-state index in [-0.39, 0.29) is 11.3 Å². The minimum Gasteiger partial charge on any atom is -0.493 e. The molecule has 5 nitrogen and oxygen atoms in total. The second-order valence-electron chi connectivity index (χ2n) is 5.09. The van der Waals surface area contributed by atoms with Gasteiger partial charge in [0.15, 0.2) is 11.5 Å². The lowest BCUT2D eigenvalue weighted by Gasteiger charge is -2.24. The molecule has 1 atom stereocenters. The van der Waals surface area contributed by atoms with Crippen LogP contribution in [0.1, 0.15) is 16.6 Å². The molecular weight excluding hydrogens is 312 g/mol. The molecule has 1 saturated heterocycles. The molecule has 23 heavy (non-hydrogen) atoms. The average molecular weight is 330 g/mol. The molecule has 1 amide bonds. The van der Waals surface area contributed by atoms with Crippen molar-refractivity contribution in [2.45, 2.75) is 11.9 Å². The molecule has 0 N–H and O–H groups in total. The molecule has 1 aromatic heterocycles. The van der Waals surface area contributed by atoms with E-state index in [1.807, 2.05) is 41.3 Å². The summed E-state index contributed by atoms with van der Waals surface area (Å²) in [6, 6.07) is 11.5. The van der Waals surface area contributed by atoms with Crippen molar-refractivity contribution in [2.75, 3.05) is 20.0 Å². The van der Waals surface area contributed by atoms with E-state index in [1.54, 1.807) is 32.2 Å². The maximum atomic E-state index is 12.3. The first-order valence-corrected chi connectivity index (χ1v) is 8.31. The molecule has 3 rings (SSSR count). The Morgan fingerprint density at radius 2 is 2.09 bits per heavy atom. The van der Waals surface area contributed by atoms with Crippen molar-refractivity contribution in [3.63, 3.8) is 0 Å². The summed E-state index contributed by atoms with van der Waals surface area (Å²) in [4.78, 5) is 18.6. The van der Waals surface area contributed by atoms with Crippen LogP contribution in [-0.2, 0) is 11.3 Å². The Morgan fingerprint density at radius 3 is 2.78 bits per heavy atom. The highest BCUT2D eigenvalue weighted by Crippen LogP contribution is 2.40. The van der Waals surface area contributed by atoms with Crippen molar-refractivity contribution in [3.8, 4) is 11.5 Å². The second-order valence-corrected chi connectivity index (χ2v) is 6.16. The number of ether oxygens (including phenoxy) is 2. The highest BCUT2D eigenvalue weighted by atomic mass is 32.2. The monoisotopic (exact) mass is 330 g/mol. The van der Waals surface area contributed by atoms with Crippen molar-refractivity contribution >= 4 is 17.7 Å². The topological polar surface area (TPSA) is 51.7 Å². The van der Waals surface area contributed by atoms with Gasteiger partial charge in [-0.2, -0.15) is 0 Å². The summed E-state index contributed by atoms with van der Waals surface area (Å²) in [5.74, 6) is 1.90. The molecule has 0 saturated carbocycles. The maximum Gasteiger partial charge on any atom is 0.234 e. The Hall–Kier alpha value is -2.21. The number of benzene rings is 1. The lowest BCUT2D eigenvalue weighted by molar-refractivity contribution is -0.128. The molecule has 0 spiro atoms. The van der Waals surface area contributed by atoms with Crippen LogP contribution in [0.2, 0.25) is 0 Å². The van der Waals surface area contributed by atoms with E-state index in [0.29, 0.717) is 23.8 Å². The van der Waals surface area contributed by atoms with Gasteiger partial charge in [0, 0.05) is 11.8 Å². The van der Waals surface area contributed by atoms with E-state index in [0.717, 1.165) is 11.3 Å². The quantitative estimate of drug-likeness (QED) is 0.844. The predicted molar refractivity (Wildman–Crippen MR) is 89.5 cm³/mol. The molecule has 0 aliphatic carbocycles. The summed E-state index contributed by atoms with van der Waals surface area (Å²) >= 11 is 1.60. The molecule has 2 aromatic rings. The molecule has 1 fully saturated rings. The number of amides is 1. The molecule has 1 aromatic carbocycles. The third kappa shape index (κ3) is 3.12. The number of hydrogen-bond donors (Lipinski definition) is 0. The van der Waals surface area contributed by atoms with Crippen molar-refractivity contribution in [3.05, 3.63) is 53.9 Å². The number of thioether (sulfide) groups is 1. The number of nitrogens with zero attached hydrogens (tertiary/aromatic N) is 2. The second kappa shape index (κ2) is 6.91. The molecule has 2 heterocycles. The first-order chi connectivity index (χ1) is 11.2. The van der Waals surface area contributed by atoms with Gasteiger partial charge in [0.25, 0.3) is 0 Å². The number of para-hydroxylation sites is 1. The zero-order valence-electron chi connectivity index (χ0n) is 13.1. The first kappa shape index (κ1) is 15.7. The highest BCUT2D eigenvalue weighted by Gasteiger charge is 2.34. The fraction of sp³-hybridized carbons (Fsp3) is 0.294. The fourth-order valence-corrected chi connectivity index (χ4v) is 3.80. The molecule has 1 unspecified atom stereocenters. The van der Waals surface area contributed by atoms with Crippen LogP contribution in [0.5, 0.6) is 11.5 Å². The van der Waals surface area contributed by atoms with Crippen LogP contribution in [0.4, 0.5) is 0 Å². The Kier molecular flexibility index (Phi) is 4.71. The standard InChI is InChI=1S/C17H18N2O3S/c1-21-14-8-5-6-12(16(14)22-2)10-19-15(20)11-23-17(19)13-7-3-4-9-18-13/h3-9,17H,10-11H2,1-2H3. The molecule has 1 aliphatic rings. The smallest absolute Gasteiger partial charge is 0.234 e. The summed E-state index contributed by atoms with van der Waals surface area (Å²) in [7, 11) is 3.22. The third-order valence-corrected chi connectivity index (χ3v) is 4.96. The van der Waals surface area contributed by atoms with Crippen LogP contribution in [0.25, 0.3) is 0 Å². The minimum atomic E-state index is -0.0698. The SMILES string of the molecule is COc1cccc(CN2C(=O)CSC2c2ccccn2)c1OC. The van der Waals surface area contributed by atoms with Crippen LogP contribution in [0.15, 0.2) is 42.6 Å². The van der Waals surface area contributed by atoms with Crippen molar-refractivity contribution in [1.82, 2.24) is 9.88 Å². The summed E-state index contributed by atoms with van der Waals surface area (Å²) in [6.07, 6.45) is 1.75. The number of hydrogen-bond acceptors (Lipinski definition) is 5. The normalized spacial score (nSPS) is 17.4. The van der Waals surface area contributed by atoms with Crippen molar-refractivity contribution in [2.24, 2.45) is 0 Å². The lowest BCUT2D eigenvalue weighted by atomic mass is 10.1. The molecule has 6 heteroatoms. The number of carbonyl (C=O) groups is 1. The highest BCUT2D eigenvalue weighted by molar-refractivity contribution is 8.00. The zero-order chi connectivity index (χ0) is 16.2. The van der Waals surface area contributed by atoms with Gasteiger partial charge in [-0.1, -0.05) is 18.2 Å². The Balaban J connectivity index is 1.90. The maximum absolute atomic E-state index is 12.3. The van der Waals surface area contributed by atoms with Crippen LogP contribution in [0.3, 0.4) is 0 Å². The van der Waals surface area contributed by atoms with Crippen LogP contribution in [0, 0.1) is 0 Å². The lowest BCUT2D eigenvalue weighted by Crippen LogP contribution is -2.28.